The van der Waals surface area contributed by atoms with Crippen LogP contribution >= 0.6 is 22.6 Å². The molecule has 4 nitrogen and oxygen atoms in total. The summed E-state index contributed by atoms with van der Waals surface area (Å²) < 4.78 is 8.41. The SMILES string of the molecule is CC(C)(C)C(=O)C(Oc1cccc(I)n1)n1cccc1. The van der Waals surface area contributed by atoms with Crippen LogP contribution in [0.4, 0.5) is 0 Å². The van der Waals surface area contributed by atoms with Crippen LogP contribution in [0.15, 0.2) is 42.7 Å². The highest BCUT2D eigenvalue weighted by atomic mass is 127. The van der Waals surface area contributed by atoms with Crippen molar-refractivity contribution in [3.05, 3.63) is 46.4 Å². The molecule has 106 valence electrons. The minimum absolute atomic E-state index is 0.00867. The van der Waals surface area contributed by atoms with Crippen molar-refractivity contribution < 1.29 is 9.53 Å². The summed E-state index contributed by atoms with van der Waals surface area (Å²) in [7, 11) is 0. The molecule has 0 fully saturated rings. The van der Waals surface area contributed by atoms with Crippen LogP contribution in [0.5, 0.6) is 5.88 Å². The molecule has 2 aromatic rings. The molecule has 0 spiro atoms. The van der Waals surface area contributed by atoms with Crippen LogP contribution in [0.2, 0.25) is 0 Å². The van der Waals surface area contributed by atoms with E-state index >= 15 is 0 Å². The van der Waals surface area contributed by atoms with E-state index in [1.54, 1.807) is 10.6 Å². The van der Waals surface area contributed by atoms with Gasteiger partial charge in [-0.3, -0.25) is 4.79 Å². The van der Waals surface area contributed by atoms with Gasteiger partial charge >= 0.3 is 0 Å². The molecule has 0 N–H and O–H groups in total. The van der Waals surface area contributed by atoms with Crippen LogP contribution in [-0.4, -0.2) is 15.3 Å². The van der Waals surface area contributed by atoms with Gasteiger partial charge in [-0.2, -0.15) is 0 Å². The first-order chi connectivity index (χ1) is 9.38. The van der Waals surface area contributed by atoms with Gasteiger partial charge in [0.25, 0.3) is 0 Å². The van der Waals surface area contributed by atoms with Crippen LogP contribution in [-0.2, 0) is 4.79 Å². The van der Waals surface area contributed by atoms with Crippen molar-refractivity contribution in [3.8, 4) is 5.88 Å². The number of pyridine rings is 1. The fourth-order valence-electron chi connectivity index (χ4n) is 1.69. The number of ether oxygens (including phenoxy) is 1. The smallest absolute Gasteiger partial charge is 0.237 e. The van der Waals surface area contributed by atoms with E-state index in [0.29, 0.717) is 5.88 Å². The molecule has 5 heteroatoms. The predicted molar refractivity (Wildman–Crippen MR) is 85.5 cm³/mol. The zero-order valence-corrected chi connectivity index (χ0v) is 13.9. The number of hydrogen-bond donors (Lipinski definition) is 0. The standard InChI is InChI=1S/C15H17IN2O2/c1-15(2,3)13(19)14(18-9-4-5-10-18)20-12-8-6-7-11(16)17-12/h4-10,14H,1-3H3. The topological polar surface area (TPSA) is 44.1 Å². The van der Waals surface area contributed by atoms with E-state index in [4.69, 9.17) is 4.74 Å². The Hall–Kier alpha value is -1.37. The second-order valence-corrected chi connectivity index (χ2v) is 6.62. The fraction of sp³-hybridized carbons (Fsp3) is 0.333. The maximum atomic E-state index is 12.6. The Kier molecular flexibility index (Phi) is 4.47. The molecule has 2 heterocycles. The Bertz CT molecular complexity index is 588. The molecule has 1 unspecified atom stereocenters. The largest absolute Gasteiger partial charge is 0.446 e. The van der Waals surface area contributed by atoms with E-state index in [2.05, 4.69) is 27.6 Å². The van der Waals surface area contributed by atoms with E-state index in [0.717, 1.165) is 3.70 Å². The van der Waals surface area contributed by atoms with Gasteiger partial charge in [0.05, 0.1) is 0 Å². The molecule has 0 saturated heterocycles. The molecule has 1 atom stereocenters. The van der Waals surface area contributed by atoms with Gasteiger partial charge in [-0.1, -0.05) is 26.8 Å². The molecule has 0 amide bonds. The molecular formula is C15H17IN2O2. The minimum Gasteiger partial charge on any atom is -0.446 e. The molecular weight excluding hydrogens is 367 g/mol. The summed E-state index contributed by atoms with van der Waals surface area (Å²) in [5, 5.41) is 0. The maximum Gasteiger partial charge on any atom is 0.237 e. The molecule has 0 saturated carbocycles. The monoisotopic (exact) mass is 384 g/mol. The van der Waals surface area contributed by atoms with E-state index in [9.17, 15) is 4.79 Å². The lowest BCUT2D eigenvalue weighted by atomic mass is 9.89. The first-order valence-electron chi connectivity index (χ1n) is 6.34. The van der Waals surface area contributed by atoms with E-state index in [-0.39, 0.29) is 5.78 Å². The third kappa shape index (κ3) is 3.59. The van der Waals surface area contributed by atoms with Gasteiger partial charge in [0.15, 0.2) is 5.78 Å². The van der Waals surface area contributed by atoms with E-state index in [1.807, 2.05) is 57.4 Å². The molecule has 0 radical (unpaired) electrons. The molecule has 0 aliphatic rings. The van der Waals surface area contributed by atoms with Crippen molar-refractivity contribution in [1.82, 2.24) is 9.55 Å². The lowest BCUT2D eigenvalue weighted by Gasteiger charge is -2.25. The van der Waals surface area contributed by atoms with Crippen molar-refractivity contribution in [2.75, 3.05) is 0 Å². The summed E-state index contributed by atoms with van der Waals surface area (Å²) >= 11 is 2.12. The molecule has 2 aromatic heterocycles. The molecule has 0 aliphatic carbocycles. The summed E-state index contributed by atoms with van der Waals surface area (Å²) in [6, 6.07) is 9.24. The number of rotatable bonds is 4. The number of halogens is 1. The average molecular weight is 384 g/mol. The zero-order valence-electron chi connectivity index (χ0n) is 11.7. The molecule has 0 aromatic carbocycles. The van der Waals surface area contributed by atoms with Gasteiger partial charge in [-0.05, 0) is 40.8 Å². The maximum absolute atomic E-state index is 12.6. The van der Waals surface area contributed by atoms with Gasteiger partial charge in [0.1, 0.15) is 3.70 Å². The summed E-state index contributed by atoms with van der Waals surface area (Å²) in [4.78, 5) is 16.9. The van der Waals surface area contributed by atoms with Gasteiger partial charge in [0, 0.05) is 23.9 Å². The third-order valence-corrected chi connectivity index (χ3v) is 3.38. The Labute approximate surface area is 132 Å². The highest BCUT2D eigenvalue weighted by molar-refractivity contribution is 14.1. The average Bonchev–Trinajstić information content (AvgIpc) is 2.87. The van der Waals surface area contributed by atoms with E-state index < -0.39 is 11.6 Å². The second-order valence-electron chi connectivity index (χ2n) is 5.51. The highest BCUT2D eigenvalue weighted by Gasteiger charge is 2.32. The lowest BCUT2D eigenvalue weighted by Crippen LogP contribution is -2.33. The van der Waals surface area contributed by atoms with Crippen LogP contribution < -0.4 is 4.74 Å². The van der Waals surface area contributed by atoms with Crippen molar-refractivity contribution in [1.29, 1.82) is 0 Å². The Balaban J connectivity index is 2.31. The summed E-state index contributed by atoms with van der Waals surface area (Å²) in [5.74, 6) is 0.461. The van der Waals surface area contributed by atoms with Gasteiger partial charge < -0.3 is 9.30 Å². The van der Waals surface area contributed by atoms with Crippen LogP contribution in [0.1, 0.15) is 27.0 Å². The third-order valence-electron chi connectivity index (χ3n) is 2.78. The Morgan fingerprint density at radius 1 is 1.25 bits per heavy atom. The number of carbonyl (C=O) groups excluding carboxylic acids is 1. The van der Waals surface area contributed by atoms with E-state index in [1.165, 1.54) is 0 Å². The van der Waals surface area contributed by atoms with Crippen molar-refractivity contribution in [2.24, 2.45) is 5.41 Å². The number of ketones is 1. The summed E-state index contributed by atoms with van der Waals surface area (Å²) in [6.07, 6.45) is 2.94. The quantitative estimate of drug-likeness (QED) is 0.597. The number of nitrogens with zero attached hydrogens (tertiary/aromatic N) is 2. The van der Waals surface area contributed by atoms with Crippen LogP contribution in [0.3, 0.4) is 0 Å². The first-order valence-corrected chi connectivity index (χ1v) is 7.42. The fourth-order valence-corrected chi connectivity index (χ4v) is 2.14. The van der Waals surface area contributed by atoms with Crippen LogP contribution in [0, 0.1) is 9.12 Å². The normalized spacial score (nSPS) is 13.0. The highest BCUT2D eigenvalue weighted by Crippen LogP contribution is 2.26. The number of hydrogen-bond acceptors (Lipinski definition) is 3. The number of carbonyl (C=O) groups is 1. The first kappa shape index (κ1) is 15.0. The van der Waals surface area contributed by atoms with Gasteiger partial charge in [-0.15, -0.1) is 0 Å². The second kappa shape index (κ2) is 5.95. The summed E-state index contributed by atoms with van der Waals surface area (Å²) in [5.41, 5.74) is -0.489. The number of Topliss-reactive ketones (excluding diaryl/α,β-unsaturated/α-hetero) is 1. The minimum atomic E-state index is -0.698. The Morgan fingerprint density at radius 2 is 1.90 bits per heavy atom. The van der Waals surface area contributed by atoms with Crippen LogP contribution in [0.25, 0.3) is 0 Å². The number of aromatic nitrogens is 2. The zero-order chi connectivity index (χ0) is 14.8. The van der Waals surface area contributed by atoms with Gasteiger partial charge in [0.2, 0.25) is 12.1 Å². The predicted octanol–water partition coefficient (Wildman–Crippen LogP) is 3.68. The van der Waals surface area contributed by atoms with Gasteiger partial charge in [-0.25, -0.2) is 4.98 Å². The van der Waals surface area contributed by atoms with Crippen molar-refractivity contribution in [2.45, 2.75) is 27.0 Å². The van der Waals surface area contributed by atoms with Crippen molar-refractivity contribution in [3.63, 3.8) is 0 Å². The molecule has 2 rings (SSSR count). The lowest BCUT2D eigenvalue weighted by molar-refractivity contribution is -0.137. The summed E-state index contributed by atoms with van der Waals surface area (Å²) in [6.45, 7) is 5.66. The molecule has 20 heavy (non-hydrogen) atoms. The molecule has 0 bridgehead atoms. The molecule has 0 aliphatic heterocycles. The Morgan fingerprint density at radius 3 is 2.45 bits per heavy atom. The van der Waals surface area contributed by atoms with Crippen molar-refractivity contribution >= 4 is 28.4 Å².